The van der Waals surface area contributed by atoms with Crippen molar-refractivity contribution in [3.8, 4) is 0 Å². The molecule has 0 aliphatic heterocycles. The molecule has 1 fully saturated rings. The molecule has 2 unspecified atom stereocenters. The summed E-state index contributed by atoms with van der Waals surface area (Å²) in [6.07, 6.45) is 3.43. The van der Waals surface area contributed by atoms with Crippen molar-refractivity contribution in [3.05, 3.63) is 11.1 Å². The SMILES string of the molecule is CC(C)(C)C(=O)Nc1nc(CC(=O)NC2CCCC2CN)cs1.Cl.Cl. The van der Waals surface area contributed by atoms with Gasteiger partial charge in [0.15, 0.2) is 5.13 Å². The number of aromatic nitrogens is 1. The second-order valence-electron chi connectivity index (χ2n) is 7.13. The van der Waals surface area contributed by atoms with Crippen molar-refractivity contribution in [2.75, 3.05) is 11.9 Å². The van der Waals surface area contributed by atoms with Crippen LogP contribution in [0.3, 0.4) is 0 Å². The number of anilines is 1. The number of hydrogen-bond donors (Lipinski definition) is 3. The van der Waals surface area contributed by atoms with Crippen molar-refractivity contribution >= 4 is 53.1 Å². The van der Waals surface area contributed by atoms with Gasteiger partial charge in [-0.15, -0.1) is 36.2 Å². The summed E-state index contributed by atoms with van der Waals surface area (Å²) in [5.41, 5.74) is 5.95. The molecule has 1 aliphatic rings. The van der Waals surface area contributed by atoms with Crippen LogP contribution in [0.15, 0.2) is 5.38 Å². The van der Waals surface area contributed by atoms with E-state index in [2.05, 4.69) is 15.6 Å². The number of nitrogens with two attached hydrogens (primary N) is 1. The number of nitrogens with zero attached hydrogens (tertiary/aromatic N) is 1. The highest BCUT2D eigenvalue weighted by Crippen LogP contribution is 2.25. The maximum absolute atomic E-state index is 12.1. The van der Waals surface area contributed by atoms with Gasteiger partial charge in [-0.25, -0.2) is 4.98 Å². The lowest BCUT2D eigenvalue weighted by atomic mass is 9.96. The molecule has 2 amide bonds. The van der Waals surface area contributed by atoms with Crippen LogP contribution in [0.25, 0.3) is 0 Å². The summed E-state index contributed by atoms with van der Waals surface area (Å²) in [6, 6.07) is 0.186. The van der Waals surface area contributed by atoms with E-state index >= 15 is 0 Å². The van der Waals surface area contributed by atoms with E-state index in [1.165, 1.54) is 11.3 Å². The minimum Gasteiger partial charge on any atom is -0.353 e. The van der Waals surface area contributed by atoms with Gasteiger partial charge in [-0.3, -0.25) is 9.59 Å². The van der Waals surface area contributed by atoms with Crippen molar-refractivity contribution < 1.29 is 9.59 Å². The second-order valence-corrected chi connectivity index (χ2v) is 7.98. The van der Waals surface area contributed by atoms with Gasteiger partial charge in [0, 0.05) is 16.8 Å². The number of carbonyl (C=O) groups excluding carboxylic acids is 2. The number of nitrogens with one attached hydrogen (secondary N) is 2. The largest absolute Gasteiger partial charge is 0.353 e. The van der Waals surface area contributed by atoms with Gasteiger partial charge in [0.2, 0.25) is 11.8 Å². The minimum atomic E-state index is -0.469. The molecule has 0 spiro atoms. The van der Waals surface area contributed by atoms with E-state index in [0.717, 1.165) is 19.3 Å². The van der Waals surface area contributed by atoms with E-state index in [1.54, 1.807) is 0 Å². The van der Waals surface area contributed by atoms with Crippen LogP contribution in [-0.4, -0.2) is 29.4 Å². The van der Waals surface area contributed by atoms with Gasteiger partial charge in [0.1, 0.15) is 0 Å². The van der Waals surface area contributed by atoms with Crippen molar-refractivity contribution in [3.63, 3.8) is 0 Å². The van der Waals surface area contributed by atoms with Gasteiger partial charge in [-0.2, -0.15) is 0 Å². The predicted molar refractivity (Wildman–Crippen MR) is 107 cm³/mol. The lowest BCUT2D eigenvalue weighted by Crippen LogP contribution is -2.40. The van der Waals surface area contributed by atoms with E-state index in [4.69, 9.17) is 5.73 Å². The van der Waals surface area contributed by atoms with Gasteiger partial charge >= 0.3 is 0 Å². The highest BCUT2D eigenvalue weighted by molar-refractivity contribution is 7.13. The van der Waals surface area contributed by atoms with Crippen LogP contribution in [-0.2, 0) is 16.0 Å². The first kappa shape index (κ1) is 24.1. The predicted octanol–water partition coefficient (Wildman–Crippen LogP) is 2.76. The van der Waals surface area contributed by atoms with Crippen molar-refractivity contribution in [1.82, 2.24) is 10.3 Å². The summed E-state index contributed by atoms with van der Waals surface area (Å²) >= 11 is 1.34. The lowest BCUT2D eigenvalue weighted by molar-refractivity contribution is -0.123. The Morgan fingerprint density at radius 1 is 1.32 bits per heavy atom. The van der Waals surface area contributed by atoms with Crippen LogP contribution in [0.2, 0.25) is 0 Å². The summed E-state index contributed by atoms with van der Waals surface area (Å²) in [6.45, 7) is 6.16. The molecule has 1 aromatic rings. The number of rotatable bonds is 5. The zero-order valence-corrected chi connectivity index (χ0v) is 17.3. The number of halogens is 2. The topological polar surface area (TPSA) is 97.1 Å². The quantitative estimate of drug-likeness (QED) is 0.694. The van der Waals surface area contributed by atoms with Crippen LogP contribution in [0.5, 0.6) is 0 Å². The first-order chi connectivity index (χ1) is 10.8. The van der Waals surface area contributed by atoms with E-state index in [-0.39, 0.29) is 49.1 Å². The molecule has 0 radical (unpaired) electrons. The zero-order valence-electron chi connectivity index (χ0n) is 14.8. The Bertz CT molecular complexity index is 575. The van der Waals surface area contributed by atoms with E-state index in [9.17, 15) is 9.59 Å². The molecule has 144 valence electrons. The van der Waals surface area contributed by atoms with E-state index < -0.39 is 5.41 Å². The fraction of sp³-hybridized carbons (Fsp3) is 0.688. The van der Waals surface area contributed by atoms with Gasteiger partial charge in [0.05, 0.1) is 12.1 Å². The summed E-state index contributed by atoms with van der Waals surface area (Å²) in [5.74, 6) is 0.268. The van der Waals surface area contributed by atoms with E-state index in [0.29, 0.717) is 23.3 Å². The normalized spacial score (nSPS) is 19.5. The highest BCUT2D eigenvalue weighted by Gasteiger charge is 2.27. The smallest absolute Gasteiger partial charge is 0.231 e. The Kier molecular flexibility index (Phi) is 9.94. The molecular weight excluding hydrogens is 383 g/mol. The number of thiazole rings is 1. The molecule has 1 saturated carbocycles. The molecule has 0 bridgehead atoms. The molecule has 1 aliphatic carbocycles. The molecule has 2 atom stereocenters. The number of hydrogen-bond acceptors (Lipinski definition) is 5. The molecule has 1 aromatic heterocycles. The molecule has 0 aromatic carbocycles. The first-order valence-electron chi connectivity index (χ1n) is 8.05. The fourth-order valence-electron chi connectivity index (χ4n) is 2.66. The minimum absolute atomic E-state index is 0. The van der Waals surface area contributed by atoms with Crippen LogP contribution in [0, 0.1) is 11.3 Å². The summed E-state index contributed by atoms with van der Waals surface area (Å²) in [7, 11) is 0. The van der Waals surface area contributed by atoms with E-state index in [1.807, 2.05) is 26.2 Å². The second kappa shape index (κ2) is 10.3. The lowest BCUT2D eigenvalue weighted by Gasteiger charge is -2.19. The molecule has 25 heavy (non-hydrogen) atoms. The Labute approximate surface area is 165 Å². The average molecular weight is 411 g/mol. The molecule has 0 saturated heterocycles. The Hall–Kier alpha value is -0.890. The third-order valence-corrected chi connectivity index (χ3v) is 4.91. The van der Waals surface area contributed by atoms with Gasteiger partial charge in [-0.05, 0) is 25.3 Å². The standard InChI is InChI=1S/C16H26N4O2S.2ClH/c1-16(2,3)14(22)20-15-18-11(9-23-15)7-13(21)19-12-6-4-5-10(12)8-17;;/h9-10,12H,4-8,17H2,1-3H3,(H,19,21)(H,18,20,22);2*1H. The van der Waals surface area contributed by atoms with Crippen molar-refractivity contribution in [2.24, 2.45) is 17.1 Å². The van der Waals surface area contributed by atoms with Gasteiger partial charge < -0.3 is 16.4 Å². The maximum Gasteiger partial charge on any atom is 0.231 e. The van der Waals surface area contributed by atoms with Crippen LogP contribution >= 0.6 is 36.2 Å². The Morgan fingerprint density at radius 3 is 2.60 bits per heavy atom. The summed E-state index contributed by atoms with van der Waals surface area (Å²) < 4.78 is 0. The third kappa shape index (κ3) is 7.09. The molecule has 4 N–H and O–H groups in total. The monoisotopic (exact) mass is 410 g/mol. The van der Waals surface area contributed by atoms with Crippen molar-refractivity contribution in [2.45, 2.75) is 52.5 Å². The summed E-state index contributed by atoms with van der Waals surface area (Å²) in [4.78, 5) is 28.4. The highest BCUT2D eigenvalue weighted by atomic mass is 35.5. The average Bonchev–Trinajstić information content (AvgIpc) is 3.07. The Morgan fingerprint density at radius 2 is 2.00 bits per heavy atom. The number of amides is 2. The van der Waals surface area contributed by atoms with Crippen LogP contribution < -0.4 is 16.4 Å². The van der Waals surface area contributed by atoms with Crippen LogP contribution in [0.1, 0.15) is 45.7 Å². The summed E-state index contributed by atoms with van der Waals surface area (Å²) in [5, 5.41) is 8.19. The number of carbonyl (C=O) groups is 2. The zero-order chi connectivity index (χ0) is 17.0. The molecule has 2 rings (SSSR count). The fourth-order valence-corrected chi connectivity index (χ4v) is 3.37. The maximum atomic E-state index is 12.1. The van der Waals surface area contributed by atoms with Crippen LogP contribution in [0.4, 0.5) is 5.13 Å². The van der Waals surface area contributed by atoms with Crippen molar-refractivity contribution in [1.29, 1.82) is 0 Å². The first-order valence-corrected chi connectivity index (χ1v) is 8.93. The third-order valence-electron chi connectivity index (χ3n) is 4.10. The Balaban J connectivity index is 0.00000288. The molecule has 1 heterocycles. The molecule has 6 nitrogen and oxygen atoms in total. The van der Waals surface area contributed by atoms with Gasteiger partial charge in [0.25, 0.3) is 0 Å². The van der Waals surface area contributed by atoms with Gasteiger partial charge in [-0.1, -0.05) is 27.2 Å². The molecule has 9 heteroatoms. The molecular formula is C16H28Cl2N4O2S.